The summed E-state index contributed by atoms with van der Waals surface area (Å²) in [6, 6.07) is 19.8. The Labute approximate surface area is 239 Å². The molecule has 0 saturated carbocycles. The maximum Gasteiger partial charge on any atom is 0.208 e. The number of aliphatic imine (C=N–C) groups is 2. The van der Waals surface area contributed by atoms with Crippen LogP contribution in [0.2, 0.25) is 0 Å². The van der Waals surface area contributed by atoms with E-state index in [0.29, 0.717) is 46.8 Å². The number of hydrogen-bond donors (Lipinski definition) is 4. The molecular formula is C30H32CuN4O4. The summed E-state index contributed by atoms with van der Waals surface area (Å²) in [7, 11) is 0. The Morgan fingerprint density at radius 1 is 0.667 bits per heavy atom. The van der Waals surface area contributed by atoms with Crippen molar-refractivity contribution in [3.05, 3.63) is 119 Å². The van der Waals surface area contributed by atoms with Gasteiger partial charge in [-0.25, -0.2) is 0 Å². The van der Waals surface area contributed by atoms with Gasteiger partial charge < -0.3 is 20.8 Å². The number of carbonyl (C=O) groups excluding carboxylic acids is 2. The number of benzene rings is 2. The summed E-state index contributed by atoms with van der Waals surface area (Å²) < 4.78 is 0. The normalized spacial score (nSPS) is 16.7. The van der Waals surface area contributed by atoms with Crippen molar-refractivity contribution in [1.29, 1.82) is 0 Å². The first kappa shape index (κ1) is 31.3. The fraction of sp³-hybridized carbons (Fsp3) is 0.200. The monoisotopic (exact) mass is 575 g/mol. The van der Waals surface area contributed by atoms with Crippen LogP contribution in [0.4, 0.5) is 0 Å². The van der Waals surface area contributed by atoms with E-state index in [1.165, 1.54) is 12.4 Å². The van der Waals surface area contributed by atoms with Gasteiger partial charge in [-0.1, -0.05) is 60.7 Å². The van der Waals surface area contributed by atoms with Crippen LogP contribution in [0.3, 0.4) is 0 Å². The zero-order valence-corrected chi connectivity index (χ0v) is 22.8. The SMILES string of the molecule is CC1=NC=C(CO)C(=CNCc2ccccc2)C1=O.CC1=NC=C(CO)C(=CNCc2ccccc2)C1=O.[Cu]. The maximum absolute atomic E-state index is 11.9. The Morgan fingerprint density at radius 3 is 1.36 bits per heavy atom. The van der Waals surface area contributed by atoms with E-state index < -0.39 is 0 Å². The van der Waals surface area contributed by atoms with Gasteiger partial charge in [-0.15, -0.1) is 0 Å². The van der Waals surface area contributed by atoms with Crippen LogP contribution in [-0.4, -0.2) is 46.4 Å². The van der Waals surface area contributed by atoms with Gasteiger partial charge in [0.1, 0.15) is 0 Å². The maximum atomic E-state index is 11.9. The Bertz CT molecular complexity index is 1220. The molecule has 0 amide bonds. The molecule has 0 spiro atoms. The minimum absolute atomic E-state index is 0. The van der Waals surface area contributed by atoms with Crippen molar-refractivity contribution in [2.45, 2.75) is 26.9 Å². The molecule has 8 nitrogen and oxygen atoms in total. The molecule has 207 valence electrons. The van der Waals surface area contributed by atoms with Crippen molar-refractivity contribution >= 4 is 23.0 Å². The second kappa shape index (κ2) is 16.2. The van der Waals surface area contributed by atoms with Crippen molar-refractivity contribution in [2.24, 2.45) is 9.98 Å². The molecule has 2 aliphatic rings. The first-order chi connectivity index (χ1) is 18.4. The predicted octanol–water partition coefficient (Wildman–Crippen LogP) is 3.16. The first-order valence-electron chi connectivity index (χ1n) is 12.2. The molecule has 2 heterocycles. The average Bonchev–Trinajstić information content (AvgIpc) is 2.95. The van der Waals surface area contributed by atoms with E-state index in [1.54, 1.807) is 26.2 Å². The van der Waals surface area contributed by atoms with Gasteiger partial charge in [-0.05, 0) is 25.0 Å². The van der Waals surface area contributed by atoms with Crippen LogP contribution >= 0.6 is 0 Å². The summed E-state index contributed by atoms with van der Waals surface area (Å²) in [4.78, 5) is 31.8. The van der Waals surface area contributed by atoms with E-state index >= 15 is 0 Å². The second-order valence-corrected chi connectivity index (χ2v) is 8.56. The summed E-state index contributed by atoms with van der Waals surface area (Å²) in [6.07, 6.45) is 6.37. The molecule has 4 rings (SSSR count). The second-order valence-electron chi connectivity index (χ2n) is 8.56. The molecule has 2 aromatic carbocycles. The third kappa shape index (κ3) is 9.12. The minimum atomic E-state index is -0.193. The van der Waals surface area contributed by atoms with Gasteiger partial charge in [0.15, 0.2) is 0 Å². The molecule has 2 aromatic rings. The van der Waals surface area contributed by atoms with Gasteiger partial charge in [0.05, 0.1) is 24.6 Å². The Kier molecular flexibility index (Phi) is 13.0. The van der Waals surface area contributed by atoms with E-state index in [0.717, 1.165) is 11.1 Å². The molecular weight excluding hydrogens is 544 g/mol. The molecule has 0 bridgehead atoms. The van der Waals surface area contributed by atoms with Gasteiger partial charge in [-0.2, -0.15) is 0 Å². The van der Waals surface area contributed by atoms with Crippen molar-refractivity contribution in [1.82, 2.24) is 10.6 Å². The fourth-order valence-corrected chi connectivity index (χ4v) is 3.59. The van der Waals surface area contributed by atoms with E-state index in [-0.39, 0.29) is 41.8 Å². The number of nitrogens with zero attached hydrogens (tertiary/aromatic N) is 2. The molecule has 0 unspecified atom stereocenters. The average molecular weight is 576 g/mol. The zero-order chi connectivity index (χ0) is 27.3. The minimum Gasteiger partial charge on any atom is -0.392 e. The third-order valence-electron chi connectivity index (χ3n) is 5.80. The van der Waals surface area contributed by atoms with E-state index in [2.05, 4.69) is 20.6 Å². The van der Waals surface area contributed by atoms with Crippen LogP contribution in [-0.2, 0) is 39.7 Å². The molecule has 4 N–H and O–H groups in total. The number of ketones is 2. The van der Waals surface area contributed by atoms with Crippen LogP contribution in [0.1, 0.15) is 25.0 Å². The Hall–Kier alpha value is -3.88. The number of aliphatic hydroxyl groups excluding tert-OH is 2. The molecule has 0 aliphatic carbocycles. The van der Waals surface area contributed by atoms with Crippen LogP contribution in [0, 0.1) is 0 Å². The fourth-order valence-electron chi connectivity index (χ4n) is 3.59. The topological polar surface area (TPSA) is 123 Å². The van der Waals surface area contributed by atoms with Gasteiger partial charge in [0.25, 0.3) is 0 Å². The van der Waals surface area contributed by atoms with Crippen LogP contribution in [0.25, 0.3) is 0 Å². The number of carbonyl (C=O) groups is 2. The van der Waals surface area contributed by atoms with Gasteiger partial charge in [-0.3, -0.25) is 19.6 Å². The van der Waals surface area contributed by atoms with Gasteiger partial charge >= 0.3 is 0 Å². The van der Waals surface area contributed by atoms with E-state index in [1.807, 2.05) is 60.7 Å². The summed E-state index contributed by atoms with van der Waals surface area (Å²) in [5.41, 5.74) is 5.16. The molecule has 0 atom stereocenters. The van der Waals surface area contributed by atoms with E-state index in [4.69, 9.17) is 0 Å². The first-order valence-corrected chi connectivity index (χ1v) is 12.2. The van der Waals surface area contributed by atoms with Crippen LogP contribution < -0.4 is 10.6 Å². The smallest absolute Gasteiger partial charge is 0.208 e. The van der Waals surface area contributed by atoms with Crippen LogP contribution in [0.15, 0.2) is 118 Å². The summed E-state index contributed by atoms with van der Waals surface area (Å²) in [5, 5.41) is 24.6. The Morgan fingerprint density at radius 2 is 1.03 bits per heavy atom. The molecule has 39 heavy (non-hydrogen) atoms. The molecule has 0 saturated heterocycles. The van der Waals surface area contributed by atoms with Gasteiger partial charge in [0, 0.05) is 77.3 Å². The molecule has 2 aliphatic heterocycles. The summed E-state index contributed by atoms with van der Waals surface area (Å²) in [6.45, 7) is 4.21. The number of Topliss-reactive ketones (excluding diaryl/α,β-unsaturated/α-hetero) is 2. The third-order valence-corrected chi connectivity index (χ3v) is 5.80. The number of nitrogens with one attached hydrogen (secondary N) is 2. The zero-order valence-electron chi connectivity index (χ0n) is 21.8. The largest absolute Gasteiger partial charge is 0.392 e. The van der Waals surface area contributed by atoms with Crippen molar-refractivity contribution < 1.29 is 36.9 Å². The summed E-state index contributed by atoms with van der Waals surface area (Å²) in [5.74, 6) is -0.292. The standard InChI is InChI=1S/2C15H16N2O2.Cu/c2*1-11-15(19)14(13(10-18)8-17-11)9-16-7-12-5-3-2-4-6-12;/h2*2-6,8-9,16,18H,7,10H2,1H3;. The van der Waals surface area contributed by atoms with Crippen molar-refractivity contribution in [3.63, 3.8) is 0 Å². The number of hydrogen-bond acceptors (Lipinski definition) is 8. The molecule has 0 aromatic heterocycles. The van der Waals surface area contributed by atoms with E-state index in [9.17, 15) is 19.8 Å². The van der Waals surface area contributed by atoms with Crippen molar-refractivity contribution in [2.75, 3.05) is 13.2 Å². The Balaban J connectivity index is 0.000000267. The van der Waals surface area contributed by atoms with Crippen molar-refractivity contribution in [3.8, 4) is 0 Å². The number of aliphatic hydroxyl groups is 2. The summed E-state index contributed by atoms with van der Waals surface area (Å²) >= 11 is 0. The molecule has 1 radical (unpaired) electrons. The molecule has 9 heteroatoms. The van der Waals surface area contributed by atoms with Gasteiger partial charge in [0.2, 0.25) is 11.6 Å². The predicted molar refractivity (Wildman–Crippen MR) is 149 cm³/mol. The van der Waals surface area contributed by atoms with Crippen LogP contribution in [0.5, 0.6) is 0 Å². The quantitative estimate of drug-likeness (QED) is 0.283. The molecule has 0 fully saturated rings. The number of rotatable bonds is 8.